The summed E-state index contributed by atoms with van der Waals surface area (Å²) in [7, 11) is 2.02. The monoisotopic (exact) mass is 157 g/mol. The highest BCUT2D eigenvalue weighted by Crippen LogP contribution is 1.81. The number of hydrogen-bond donors (Lipinski definition) is 0. The van der Waals surface area contributed by atoms with Crippen molar-refractivity contribution in [3.05, 3.63) is 0 Å². The van der Waals surface area contributed by atoms with Crippen LogP contribution in [0.1, 0.15) is 26.7 Å². The molecule has 0 saturated carbocycles. The second-order valence-corrected chi connectivity index (χ2v) is 2.44. The van der Waals surface area contributed by atoms with Gasteiger partial charge in [0.2, 0.25) is 0 Å². The third-order valence-corrected chi connectivity index (χ3v) is 1.17. The molecule has 0 aromatic rings. The molecule has 0 aliphatic carbocycles. The maximum Gasteiger partial charge on any atom is 0.179 e. The van der Waals surface area contributed by atoms with E-state index in [0.29, 0.717) is 0 Å². The van der Waals surface area contributed by atoms with Gasteiger partial charge in [0.25, 0.3) is 0 Å². The summed E-state index contributed by atoms with van der Waals surface area (Å²) >= 11 is 0. The van der Waals surface area contributed by atoms with Gasteiger partial charge in [0.05, 0.1) is 0 Å². The maximum atomic E-state index is 5.23. The van der Waals surface area contributed by atoms with Crippen LogP contribution in [0.15, 0.2) is 0 Å². The fourth-order valence-electron chi connectivity index (χ4n) is 0.670. The Morgan fingerprint density at radius 3 is 1.73 bits per heavy atom. The van der Waals surface area contributed by atoms with Crippen molar-refractivity contribution in [1.82, 2.24) is 0 Å². The van der Waals surface area contributed by atoms with Gasteiger partial charge in [-0.15, -0.1) is 0 Å². The quantitative estimate of drug-likeness (QED) is 0.392. The zero-order valence-electron chi connectivity index (χ0n) is 7.64. The zero-order valence-corrected chi connectivity index (χ0v) is 7.64. The largest absolute Gasteiger partial charge is 0.390 e. The second kappa shape index (κ2) is 9.98. The average Bonchev–Trinajstić information content (AvgIpc) is 2.03. The molecule has 11 heavy (non-hydrogen) atoms. The molecule has 3 heteroatoms. The van der Waals surface area contributed by atoms with E-state index >= 15 is 0 Å². The van der Waals surface area contributed by atoms with Crippen LogP contribution in [0.4, 0.5) is 0 Å². The number of hydrogen-bond acceptors (Lipinski definition) is 2. The van der Waals surface area contributed by atoms with Crippen LogP contribution in [0, 0.1) is 0 Å². The fraction of sp³-hybridized carbons (Fsp3) is 1.00. The molecule has 0 rings (SSSR count). The molecule has 1 radical (unpaired) electrons. The topological polar surface area (TPSA) is 18.5 Å². The molecule has 0 fully saturated rings. The molecular weight excluding hydrogens is 139 g/mol. The Bertz CT molecular complexity index is 61.1. The van der Waals surface area contributed by atoms with Crippen molar-refractivity contribution in [2.24, 2.45) is 0 Å². The van der Waals surface area contributed by atoms with Crippen LogP contribution in [0.25, 0.3) is 0 Å². The van der Waals surface area contributed by atoms with Crippen molar-refractivity contribution in [2.45, 2.75) is 26.7 Å². The molecular formula is C8H18BO2. The minimum Gasteiger partial charge on any atom is -0.390 e. The van der Waals surface area contributed by atoms with Gasteiger partial charge < -0.3 is 9.47 Å². The van der Waals surface area contributed by atoms with Crippen LogP contribution in [0.5, 0.6) is 0 Å². The lowest BCUT2D eigenvalue weighted by atomic mass is 9.82. The highest BCUT2D eigenvalue weighted by molar-refractivity contribution is 6.34. The molecule has 0 N–H and O–H groups in total. The van der Waals surface area contributed by atoms with Crippen molar-refractivity contribution in [2.75, 3.05) is 26.2 Å². The van der Waals surface area contributed by atoms with Gasteiger partial charge in [-0.1, -0.05) is 13.8 Å². The van der Waals surface area contributed by atoms with Crippen LogP contribution in [0.2, 0.25) is 0 Å². The molecule has 0 atom stereocenters. The summed E-state index contributed by atoms with van der Waals surface area (Å²) < 4.78 is 10.5. The van der Waals surface area contributed by atoms with Gasteiger partial charge in [-0.3, -0.25) is 0 Å². The predicted octanol–water partition coefficient (Wildman–Crippen LogP) is 1.46. The van der Waals surface area contributed by atoms with Crippen LogP contribution in [-0.2, 0) is 9.47 Å². The Morgan fingerprint density at radius 2 is 1.36 bits per heavy atom. The lowest BCUT2D eigenvalue weighted by molar-refractivity contribution is 0.157. The van der Waals surface area contributed by atoms with Crippen molar-refractivity contribution in [3.63, 3.8) is 0 Å². The molecule has 0 bridgehead atoms. The van der Waals surface area contributed by atoms with Gasteiger partial charge in [0.15, 0.2) is 7.28 Å². The minimum atomic E-state index is 0.720. The highest BCUT2D eigenvalue weighted by Gasteiger charge is 1.90. The Balaban J connectivity index is 2.69. The van der Waals surface area contributed by atoms with Crippen molar-refractivity contribution in [1.29, 1.82) is 0 Å². The van der Waals surface area contributed by atoms with Gasteiger partial charge in [-0.05, 0) is 12.8 Å². The summed E-state index contributed by atoms with van der Waals surface area (Å²) in [4.78, 5) is 0. The van der Waals surface area contributed by atoms with Gasteiger partial charge in [0.1, 0.15) is 0 Å². The van der Waals surface area contributed by atoms with Crippen LogP contribution in [0.3, 0.4) is 0 Å². The standard InChI is InChI=1S/C8H18BO2/c1-3-5-10-7-9-8-11-6-4-2/h3-8H2,1-2H3. The molecule has 0 heterocycles. The normalized spacial score (nSPS) is 10.0. The minimum absolute atomic E-state index is 0.720. The van der Waals surface area contributed by atoms with E-state index in [-0.39, 0.29) is 0 Å². The number of rotatable bonds is 8. The van der Waals surface area contributed by atoms with Crippen molar-refractivity contribution in [3.8, 4) is 0 Å². The first-order valence-electron chi connectivity index (χ1n) is 4.39. The Morgan fingerprint density at radius 1 is 0.909 bits per heavy atom. The smallest absolute Gasteiger partial charge is 0.179 e. The van der Waals surface area contributed by atoms with E-state index in [9.17, 15) is 0 Å². The maximum absolute atomic E-state index is 5.23. The van der Waals surface area contributed by atoms with Crippen molar-refractivity contribution >= 4 is 7.28 Å². The molecule has 0 aliphatic heterocycles. The van der Waals surface area contributed by atoms with E-state index in [2.05, 4.69) is 13.8 Å². The molecule has 0 aromatic carbocycles. The van der Waals surface area contributed by atoms with E-state index in [4.69, 9.17) is 9.47 Å². The van der Waals surface area contributed by atoms with E-state index in [1.165, 1.54) is 0 Å². The fourth-order valence-corrected chi connectivity index (χ4v) is 0.670. The first-order chi connectivity index (χ1) is 5.41. The summed E-state index contributed by atoms with van der Waals surface area (Å²) in [6, 6.07) is 0. The zero-order chi connectivity index (χ0) is 8.36. The van der Waals surface area contributed by atoms with Gasteiger partial charge in [-0.2, -0.15) is 0 Å². The molecule has 0 spiro atoms. The van der Waals surface area contributed by atoms with Crippen LogP contribution < -0.4 is 0 Å². The SMILES string of the molecule is CCCOC[B]COCCC. The summed E-state index contributed by atoms with van der Waals surface area (Å²) in [5, 5.41) is 0. The van der Waals surface area contributed by atoms with Crippen molar-refractivity contribution < 1.29 is 9.47 Å². The summed E-state index contributed by atoms with van der Waals surface area (Å²) in [6.45, 7) is 7.35. The van der Waals surface area contributed by atoms with Crippen LogP contribution >= 0.6 is 0 Å². The molecule has 0 saturated heterocycles. The highest BCUT2D eigenvalue weighted by atomic mass is 16.5. The van der Waals surface area contributed by atoms with Crippen LogP contribution in [-0.4, -0.2) is 33.5 Å². The summed E-state index contributed by atoms with van der Waals surface area (Å²) in [5.41, 5.74) is 0. The van der Waals surface area contributed by atoms with E-state index in [1.54, 1.807) is 0 Å². The van der Waals surface area contributed by atoms with E-state index < -0.39 is 0 Å². The molecule has 0 aliphatic rings. The molecule has 2 nitrogen and oxygen atoms in total. The molecule has 0 aromatic heterocycles. The lowest BCUT2D eigenvalue weighted by Crippen LogP contribution is -2.12. The first kappa shape index (κ1) is 11.0. The molecule has 0 amide bonds. The van der Waals surface area contributed by atoms with E-state index in [1.807, 2.05) is 7.28 Å². The third-order valence-electron chi connectivity index (χ3n) is 1.17. The second-order valence-electron chi connectivity index (χ2n) is 2.44. The summed E-state index contributed by atoms with van der Waals surface area (Å²) in [6.07, 6.45) is 2.17. The Hall–Kier alpha value is -0.0151. The number of ether oxygens (including phenoxy) is 2. The lowest BCUT2D eigenvalue weighted by Gasteiger charge is -2.01. The Labute approximate surface area is 70.5 Å². The average molecular weight is 157 g/mol. The first-order valence-corrected chi connectivity index (χ1v) is 4.39. The van der Waals surface area contributed by atoms with E-state index in [0.717, 1.165) is 39.1 Å². The summed E-state index contributed by atoms with van der Waals surface area (Å²) in [5.74, 6) is 0. The molecule has 0 unspecified atom stereocenters. The van der Waals surface area contributed by atoms with Gasteiger partial charge in [0, 0.05) is 26.2 Å². The van der Waals surface area contributed by atoms with Gasteiger partial charge >= 0.3 is 0 Å². The van der Waals surface area contributed by atoms with Gasteiger partial charge in [-0.25, -0.2) is 0 Å². The third kappa shape index (κ3) is 9.98. The Kier molecular flexibility index (Phi) is 9.97. The predicted molar refractivity (Wildman–Crippen MR) is 48.0 cm³/mol. The molecule has 65 valence electrons.